The molecule has 2 unspecified atom stereocenters. The van der Waals surface area contributed by atoms with Gasteiger partial charge in [0.25, 0.3) is 0 Å². The molecule has 0 bridgehead atoms. The second kappa shape index (κ2) is 12.0. The monoisotopic (exact) mass is 692 g/mol. The van der Waals surface area contributed by atoms with Crippen LogP contribution >= 0.6 is 0 Å². The number of pyridine rings is 1. The summed E-state index contributed by atoms with van der Waals surface area (Å²) in [7, 11) is 0. The summed E-state index contributed by atoms with van der Waals surface area (Å²) in [5.41, 5.74) is 6.27. The van der Waals surface area contributed by atoms with Gasteiger partial charge in [-0.15, -0.1) is 0 Å². The molecule has 1 aliphatic carbocycles. The molecule has 0 amide bonds. The molecule has 0 N–H and O–H groups in total. The summed E-state index contributed by atoms with van der Waals surface area (Å²) < 4.78 is 6.42. The number of benzene rings is 7. The number of furan rings is 1. The molecule has 10 aromatic rings. The molecule has 7 aromatic carbocycles. The van der Waals surface area contributed by atoms with Gasteiger partial charge in [0.15, 0.2) is 17.5 Å². The van der Waals surface area contributed by atoms with Gasteiger partial charge in [-0.1, -0.05) is 128 Å². The summed E-state index contributed by atoms with van der Waals surface area (Å²) in [5, 5.41) is 10.4. The van der Waals surface area contributed by atoms with Crippen molar-refractivity contribution in [3.8, 4) is 34.2 Å². The molecular weight excluding hydrogens is 661 g/mol. The van der Waals surface area contributed by atoms with E-state index < -0.39 is 0 Å². The molecule has 0 saturated heterocycles. The second-order valence-electron chi connectivity index (χ2n) is 14.3. The van der Waals surface area contributed by atoms with Crippen LogP contribution in [0, 0.1) is 0 Å². The van der Waals surface area contributed by atoms with Crippen LogP contribution in [-0.2, 0) is 0 Å². The van der Waals surface area contributed by atoms with E-state index in [-0.39, 0.29) is 11.8 Å². The SMILES string of the molecule is CC1c2c(oc3ccc4ccncc4c23)C=CC1c1ccc(-c2nc(-c3ccc4ccccc4c3)nc(-c3ccc4ccccc4c3)n2)c2ccccc12. The molecule has 3 heterocycles. The fourth-order valence-corrected chi connectivity index (χ4v) is 8.51. The quantitative estimate of drug-likeness (QED) is 0.184. The minimum atomic E-state index is 0.129. The van der Waals surface area contributed by atoms with Gasteiger partial charge >= 0.3 is 0 Å². The third-order valence-electron chi connectivity index (χ3n) is 11.2. The molecular formula is C49H32N4O. The van der Waals surface area contributed by atoms with Gasteiger partial charge in [-0.2, -0.15) is 0 Å². The van der Waals surface area contributed by atoms with Crippen LogP contribution in [0.25, 0.3) is 94.3 Å². The lowest BCUT2D eigenvalue weighted by Gasteiger charge is -2.27. The van der Waals surface area contributed by atoms with Crippen molar-refractivity contribution in [2.45, 2.75) is 18.8 Å². The first-order valence-electron chi connectivity index (χ1n) is 18.4. The molecule has 254 valence electrons. The fourth-order valence-electron chi connectivity index (χ4n) is 8.51. The molecule has 0 aliphatic heterocycles. The first kappa shape index (κ1) is 30.6. The van der Waals surface area contributed by atoms with Crippen LogP contribution in [0.2, 0.25) is 0 Å². The maximum atomic E-state index is 6.42. The van der Waals surface area contributed by atoms with Gasteiger partial charge in [0.05, 0.1) is 0 Å². The minimum Gasteiger partial charge on any atom is -0.456 e. The lowest BCUT2D eigenvalue weighted by molar-refractivity contribution is 0.574. The Bertz CT molecular complexity index is 3060. The largest absolute Gasteiger partial charge is 0.456 e. The molecule has 0 saturated carbocycles. The smallest absolute Gasteiger partial charge is 0.164 e. The van der Waals surface area contributed by atoms with Crippen LogP contribution < -0.4 is 0 Å². The molecule has 0 spiro atoms. The average Bonchev–Trinajstić information content (AvgIpc) is 3.63. The van der Waals surface area contributed by atoms with E-state index in [2.05, 4.69) is 164 Å². The highest BCUT2D eigenvalue weighted by Gasteiger charge is 2.31. The van der Waals surface area contributed by atoms with Crippen molar-refractivity contribution in [1.29, 1.82) is 0 Å². The average molecular weight is 693 g/mol. The van der Waals surface area contributed by atoms with E-state index in [0.717, 1.165) is 60.4 Å². The van der Waals surface area contributed by atoms with Crippen LogP contribution in [0.5, 0.6) is 0 Å². The Morgan fingerprint density at radius 1 is 0.537 bits per heavy atom. The van der Waals surface area contributed by atoms with Crippen molar-refractivity contribution in [2.24, 2.45) is 0 Å². The summed E-state index contributed by atoms with van der Waals surface area (Å²) in [4.78, 5) is 20.0. The summed E-state index contributed by atoms with van der Waals surface area (Å²) in [6, 6.07) is 49.0. The van der Waals surface area contributed by atoms with Crippen molar-refractivity contribution in [3.05, 3.63) is 175 Å². The van der Waals surface area contributed by atoms with Gasteiger partial charge in [-0.3, -0.25) is 4.98 Å². The zero-order valence-electron chi connectivity index (χ0n) is 29.4. The van der Waals surface area contributed by atoms with Crippen LogP contribution in [0.3, 0.4) is 0 Å². The van der Waals surface area contributed by atoms with Crippen molar-refractivity contribution >= 4 is 60.1 Å². The minimum absolute atomic E-state index is 0.129. The first-order chi connectivity index (χ1) is 26.7. The molecule has 2 atom stereocenters. The fraction of sp³-hybridized carbons (Fsp3) is 0.0612. The molecule has 11 rings (SSSR count). The zero-order valence-corrected chi connectivity index (χ0v) is 29.4. The van der Waals surface area contributed by atoms with Crippen LogP contribution in [-0.4, -0.2) is 19.9 Å². The summed E-state index contributed by atoms with van der Waals surface area (Å²) in [6.07, 6.45) is 8.27. The summed E-state index contributed by atoms with van der Waals surface area (Å²) >= 11 is 0. The Labute approximate surface area is 311 Å². The number of hydrogen-bond donors (Lipinski definition) is 0. The van der Waals surface area contributed by atoms with Gasteiger partial charge in [-0.05, 0) is 79.5 Å². The highest BCUT2D eigenvalue weighted by molar-refractivity contribution is 6.09. The molecule has 5 nitrogen and oxygen atoms in total. The van der Waals surface area contributed by atoms with Crippen LogP contribution in [0.15, 0.2) is 162 Å². The van der Waals surface area contributed by atoms with E-state index in [9.17, 15) is 0 Å². The van der Waals surface area contributed by atoms with Gasteiger partial charge < -0.3 is 4.42 Å². The number of aromatic nitrogens is 4. The standard InChI is InChI=1S/C49H32N4O/c1-29-37(21-23-43-45(29)46-42-28-50-25-24-32(42)18-22-44(46)54-43)40-19-20-41(39-13-7-6-12-38(39)40)49-52-47(35-16-14-30-8-2-4-10-33(30)26-35)51-48(53-49)36-17-15-31-9-3-5-11-34(31)27-36/h2-29,37H,1H3. The van der Waals surface area contributed by atoms with Gasteiger partial charge in [0, 0.05) is 51.3 Å². The molecule has 5 heteroatoms. The Morgan fingerprint density at radius 3 is 1.89 bits per heavy atom. The normalized spacial score (nSPS) is 15.4. The number of hydrogen-bond acceptors (Lipinski definition) is 5. The van der Waals surface area contributed by atoms with Crippen molar-refractivity contribution < 1.29 is 4.42 Å². The van der Waals surface area contributed by atoms with E-state index in [1.165, 1.54) is 27.3 Å². The summed E-state index contributed by atoms with van der Waals surface area (Å²) in [6.45, 7) is 2.32. The van der Waals surface area contributed by atoms with Gasteiger partial charge in [0.2, 0.25) is 0 Å². The van der Waals surface area contributed by atoms with Crippen molar-refractivity contribution in [2.75, 3.05) is 0 Å². The molecule has 0 fully saturated rings. The molecule has 54 heavy (non-hydrogen) atoms. The highest BCUT2D eigenvalue weighted by Crippen LogP contribution is 2.48. The van der Waals surface area contributed by atoms with E-state index >= 15 is 0 Å². The lowest BCUT2D eigenvalue weighted by Crippen LogP contribution is -2.11. The van der Waals surface area contributed by atoms with Crippen molar-refractivity contribution in [1.82, 2.24) is 19.9 Å². The van der Waals surface area contributed by atoms with Gasteiger partial charge in [-0.25, -0.2) is 15.0 Å². The maximum Gasteiger partial charge on any atom is 0.164 e. The van der Waals surface area contributed by atoms with Gasteiger partial charge in [0.1, 0.15) is 11.3 Å². The highest BCUT2D eigenvalue weighted by atomic mass is 16.3. The molecule has 0 radical (unpaired) electrons. The Hall–Kier alpha value is -6.98. The summed E-state index contributed by atoms with van der Waals surface area (Å²) in [5.74, 6) is 3.16. The molecule has 3 aromatic heterocycles. The third kappa shape index (κ3) is 4.86. The topological polar surface area (TPSA) is 64.7 Å². The predicted octanol–water partition coefficient (Wildman–Crippen LogP) is 12.5. The number of nitrogens with zero attached hydrogens (tertiary/aromatic N) is 4. The van der Waals surface area contributed by atoms with E-state index in [1.54, 1.807) is 0 Å². The lowest BCUT2D eigenvalue weighted by atomic mass is 9.76. The van der Waals surface area contributed by atoms with Crippen LogP contribution in [0.1, 0.15) is 35.6 Å². The molecule has 1 aliphatic rings. The Kier molecular flexibility index (Phi) is 6.83. The number of rotatable bonds is 4. The maximum absolute atomic E-state index is 6.42. The third-order valence-corrected chi connectivity index (χ3v) is 11.2. The first-order valence-corrected chi connectivity index (χ1v) is 18.4. The van der Waals surface area contributed by atoms with Crippen LogP contribution in [0.4, 0.5) is 0 Å². The number of allylic oxidation sites excluding steroid dienone is 1. The van der Waals surface area contributed by atoms with E-state index in [0.29, 0.717) is 17.5 Å². The van der Waals surface area contributed by atoms with Crippen molar-refractivity contribution in [3.63, 3.8) is 0 Å². The predicted molar refractivity (Wildman–Crippen MR) is 220 cm³/mol. The Balaban J connectivity index is 1.08. The van der Waals surface area contributed by atoms with E-state index in [4.69, 9.17) is 19.4 Å². The Morgan fingerprint density at radius 2 is 1.17 bits per heavy atom. The zero-order chi connectivity index (χ0) is 35.8. The van der Waals surface area contributed by atoms with E-state index in [1.807, 2.05) is 12.4 Å². The number of fused-ring (bicyclic) bond motifs is 8. The second-order valence-corrected chi connectivity index (χ2v) is 14.3.